The van der Waals surface area contributed by atoms with Crippen molar-refractivity contribution in [1.82, 2.24) is 10.2 Å². The molecule has 0 spiro atoms. The minimum Gasteiger partial charge on any atom is -0.300 e. The van der Waals surface area contributed by atoms with Gasteiger partial charge in [-0.3, -0.25) is 5.32 Å². The van der Waals surface area contributed by atoms with Crippen LogP contribution in [0, 0.1) is 17.2 Å². The standard InChI is InChI=1S/C17H31N3/c1-14(2)19-17(3,13-18)10-12-20-11-6-8-15-7-4-5-9-16(15)20/h14-16,19H,4-12H2,1-3H3/t15-,16-,17?/m1/s1. The molecule has 3 heteroatoms. The van der Waals surface area contributed by atoms with E-state index < -0.39 is 0 Å². The number of nitrogens with zero attached hydrogens (tertiary/aromatic N) is 2. The van der Waals surface area contributed by atoms with E-state index in [4.69, 9.17) is 0 Å². The van der Waals surface area contributed by atoms with Crippen molar-refractivity contribution in [2.24, 2.45) is 5.92 Å². The van der Waals surface area contributed by atoms with Crippen molar-refractivity contribution < 1.29 is 0 Å². The highest BCUT2D eigenvalue weighted by atomic mass is 15.2. The van der Waals surface area contributed by atoms with Crippen LogP contribution in [-0.2, 0) is 0 Å². The average molecular weight is 277 g/mol. The Bertz CT molecular complexity index is 345. The molecule has 0 aromatic heterocycles. The Hall–Kier alpha value is -0.590. The van der Waals surface area contributed by atoms with Crippen LogP contribution in [0.4, 0.5) is 0 Å². The number of nitriles is 1. The molecule has 0 radical (unpaired) electrons. The summed E-state index contributed by atoms with van der Waals surface area (Å²) < 4.78 is 0. The van der Waals surface area contributed by atoms with Crippen molar-refractivity contribution in [3.8, 4) is 6.07 Å². The van der Waals surface area contributed by atoms with E-state index in [1.54, 1.807) is 0 Å². The van der Waals surface area contributed by atoms with Crippen LogP contribution in [0.15, 0.2) is 0 Å². The van der Waals surface area contributed by atoms with Gasteiger partial charge in [-0.25, -0.2) is 0 Å². The molecule has 3 nitrogen and oxygen atoms in total. The Kier molecular flexibility index (Phi) is 5.46. The first-order valence-electron chi connectivity index (χ1n) is 8.47. The zero-order chi connectivity index (χ0) is 14.6. The van der Waals surface area contributed by atoms with Gasteiger partial charge in [0.2, 0.25) is 0 Å². The molecule has 2 aliphatic rings. The summed E-state index contributed by atoms with van der Waals surface area (Å²) >= 11 is 0. The predicted molar refractivity (Wildman–Crippen MR) is 83.5 cm³/mol. The first-order chi connectivity index (χ1) is 9.54. The molecule has 1 heterocycles. The van der Waals surface area contributed by atoms with Gasteiger partial charge in [0.05, 0.1) is 6.07 Å². The quantitative estimate of drug-likeness (QED) is 0.838. The number of rotatable bonds is 5. The molecule has 0 aromatic rings. The van der Waals surface area contributed by atoms with Crippen molar-refractivity contribution in [3.63, 3.8) is 0 Å². The van der Waals surface area contributed by atoms with Crippen molar-refractivity contribution in [3.05, 3.63) is 0 Å². The zero-order valence-electron chi connectivity index (χ0n) is 13.5. The van der Waals surface area contributed by atoms with Crippen LogP contribution in [0.25, 0.3) is 0 Å². The van der Waals surface area contributed by atoms with Crippen LogP contribution < -0.4 is 5.32 Å². The minimum atomic E-state index is -0.379. The molecule has 1 aliphatic carbocycles. The highest BCUT2D eigenvalue weighted by Crippen LogP contribution is 2.35. The van der Waals surface area contributed by atoms with Crippen LogP contribution in [0.1, 0.15) is 65.7 Å². The number of likely N-dealkylation sites (tertiary alicyclic amines) is 1. The molecule has 20 heavy (non-hydrogen) atoms. The highest BCUT2D eigenvalue weighted by molar-refractivity contribution is 5.05. The normalized spacial score (nSPS) is 30.6. The molecular formula is C17H31N3. The third kappa shape index (κ3) is 3.96. The fourth-order valence-electron chi connectivity index (χ4n) is 4.17. The second-order valence-corrected chi connectivity index (χ2v) is 7.28. The SMILES string of the molecule is CC(C)NC(C)(C#N)CCN1CCC[C@H]2CCCC[C@H]21. The summed E-state index contributed by atoms with van der Waals surface area (Å²) in [5.41, 5.74) is -0.379. The van der Waals surface area contributed by atoms with Gasteiger partial charge in [0.1, 0.15) is 5.54 Å². The van der Waals surface area contributed by atoms with Crippen molar-refractivity contribution in [1.29, 1.82) is 5.26 Å². The Morgan fingerprint density at radius 2 is 1.95 bits per heavy atom. The second kappa shape index (κ2) is 6.91. The number of nitrogens with one attached hydrogen (secondary N) is 1. The maximum absolute atomic E-state index is 9.47. The van der Waals surface area contributed by atoms with E-state index in [0.717, 1.165) is 24.9 Å². The molecule has 0 bridgehead atoms. The largest absolute Gasteiger partial charge is 0.300 e. The number of piperidine rings is 1. The Morgan fingerprint density at radius 1 is 1.25 bits per heavy atom. The van der Waals surface area contributed by atoms with Crippen LogP contribution in [0.2, 0.25) is 0 Å². The molecule has 1 N–H and O–H groups in total. The molecule has 2 fully saturated rings. The van der Waals surface area contributed by atoms with Gasteiger partial charge < -0.3 is 4.90 Å². The van der Waals surface area contributed by atoms with Gasteiger partial charge in [0.15, 0.2) is 0 Å². The Morgan fingerprint density at radius 3 is 2.65 bits per heavy atom. The maximum atomic E-state index is 9.47. The minimum absolute atomic E-state index is 0.364. The van der Waals surface area contributed by atoms with E-state index in [0.29, 0.717) is 6.04 Å². The van der Waals surface area contributed by atoms with E-state index >= 15 is 0 Å². The lowest BCUT2D eigenvalue weighted by molar-refractivity contribution is 0.0555. The summed E-state index contributed by atoms with van der Waals surface area (Å²) in [6.45, 7) is 8.60. The number of fused-ring (bicyclic) bond motifs is 1. The van der Waals surface area contributed by atoms with Gasteiger partial charge in [-0.15, -0.1) is 0 Å². The molecule has 1 saturated heterocycles. The fraction of sp³-hybridized carbons (Fsp3) is 0.941. The lowest BCUT2D eigenvalue weighted by Gasteiger charge is -2.45. The molecule has 0 aromatic carbocycles. The third-order valence-corrected chi connectivity index (χ3v) is 5.11. The smallest absolute Gasteiger partial charge is 0.105 e. The summed E-state index contributed by atoms with van der Waals surface area (Å²) in [5, 5.41) is 12.9. The lowest BCUT2D eigenvalue weighted by atomic mass is 9.78. The molecule has 1 aliphatic heterocycles. The summed E-state index contributed by atoms with van der Waals surface area (Å²) in [6.07, 6.45) is 9.36. The van der Waals surface area contributed by atoms with E-state index in [-0.39, 0.29) is 5.54 Å². The number of hydrogen-bond acceptors (Lipinski definition) is 3. The first-order valence-corrected chi connectivity index (χ1v) is 8.47. The van der Waals surface area contributed by atoms with Crippen molar-refractivity contribution >= 4 is 0 Å². The Balaban J connectivity index is 1.90. The van der Waals surface area contributed by atoms with Gasteiger partial charge in [0.25, 0.3) is 0 Å². The molecule has 2 rings (SSSR count). The van der Waals surface area contributed by atoms with Gasteiger partial charge in [0, 0.05) is 18.6 Å². The van der Waals surface area contributed by atoms with Crippen LogP contribution in [0.5, 0.6) is 0 Å². The molecule has 1 saturated carbocycles. The maximum Gasteiger partial charge on any atom is 0.105 e. The number of hydrogen-bond donors (Lipinski definition) is 1. The van der Waals surface area contributed by atoms with Crippen LogP contribution >= 0.6 is 0 Å². The Labute approximate surface area is 124 Å². The van der Waals surface area contributed by atoms with E-state index in [9.17, 15) is 5.26 Å². The summed E-state index contributed by atoms with van der Waals surface area (Å²) in [4.78, 5) is 2.69. The lowest BCUT2D eigenvalue weighted by Crippen LogP contribution is -2.51. The molecular weight excluding hydrogens is 246 g/mol. The van der Waals surface area contributed by atoms with Gasteiger partial charge >= 0.3 is 0 Å². The van der Waals surface area contributed by atoms with Gasteiger partial charge in [-0.05, 0) is 65.3 Å². The zero-order valence-corrected chi connectivity index (χ0v) is 13.5. The molecule has 0 amide bonds. The topological polar surface area (TPSA) is 39.1 Å². The molecule has 114 valence electrons. The van der Waals surface area contributed by atoms with Crippen molar-refractivity contribution in [2.75, 3.05) is 13.1 Å². The van der Waals surface area contributed by atoms with Crippen LogP contribution in [-0.4, -0.2) is 35.6 Å². The van der Waals surface area contributed by atoms with Gasteiger partial charge in [-0.1, -0.05) is 12.8 Å². The monoisotopic (exact) mass is 277 g/mol. The van der Waals surface area contributed by atoms with E-state index in [1.807, 2.05) is 0 Å². The second-order valence-electron chi connectivity index (χ2n) is 7.28. The van der Waals surface area contributed by atoms with E-state index in [2.05, 4.69) is 37.1 Å². The summed E-state index contributed by atoms with van der Waals surface area (Å²) in [6, 6.07) is 3.65. The van der Waals surface area contributed by atoms with E-state index in [1.165, 1.54) is 45.1 Å². The predicted octanol–water partition coefficient (Wildman–Crippen LogP) is 3.31. The third-order valence-electron chi connectivity index (χ3n) is 5.11. The van der Waals surface area contributed by atoms with Crippen LogP contribution in [0.3, 0.4) is 0 Å². The average Bonchev–Trinajstić information content (AvgIpc) is 2.44. The van der Waals surface area contributed by atoms with Crippen molar-refractivity contribution in [2.45, 2.75) is 83.3 Å². The summed E-state index contributed by atoms with van der Waals surface area (Å²) in [7, 11) is 0. The highest BCUT2D eigenvalue weighted by Gasteiger charge is 2.34. The summed E-state index contributed by atoms with van der Waals surface area (Å²) in [5.74, 6) is 0.934. The first kappa shape index (κ1) is 15.8. The molecule has 3 atom stereocenters. The van der Waals surface area contributed by atoms with Gasteiger partial charge in [-0.2, -0.15) is 5.26 Å². The molecule has 1 unspecified atom stereocenters. The fourth-order valence-corrected chi connectivity index (χ4v) is 4.17.